The van der Waals surface area contributed by atoms with Gasteiger partial charge in [-0.15, -0.1) is 16.8 Å². The van der Waals surface area contributed by atoms with Crippen LogP contribution in [0.3, 0.4) is 0 Å². The molecule has 5 nitrogen and oxygen atoms in total. The number of hydrogen-bond acceptors (Lipinski definition) is 5. The highest BCUT2D eigenvalue weighted by Crippen LogP contribution is 2.30. The van der Waals surface area contributed by atoms with Gasteiger partial charge in [0, 0.05) is 23.8 Å². The number of hydrogen-bond donors (Lipinski definition) is 0. The monoisotopic (exact) mass is 421 g/mol. The van der Waals surface area contributed by atoms with Crippen LogP contribution in [0.2, 0.25) is 0 Å². The number of rotatable bonds is 6. The second-order valence-electron chi connectivity index (χ2n) is 6.95. The van der Waals surface area contributed by atoms with Crippen LogP contribution in [-0.2, 0) is 12.3 Å². The Kier molecular flexibility index (Phi) is 5.55. The van der Waals surface area contributed by atoms with Crippen molar-refractivity contribution >= 4 is 22.7 Å². The summed E-state index contributed by atoms with van der Waals surface area (Å²) < 4.78 is 21.6. The van der Waals surface area contributed by atoms with Crippen molar-refractivity contribution in [1.82, 2.24) is 14.8 Å². The Hall–Kier alpha value is -3.19. The van der Waals surface area contributed by atoms with Crippen molar-refractivity contribution < 1.29 is 8.81 Å². The molecule has 0 aliphatic rings. The summed E-state index contributed by atoms with van der Waals surface area (Å²) in [6.07, 6.45) is 1.72. The molecule has 0 unspecified atom stereocenters. The molecule has 4 rings (SSSR count). The minimum atomic E-state index is -0.383. The number of benzene rings is 2. The van der Waals surface area contributed by atoms with Gasteiger partial charge in [0.15, 0.2) is 11.0 Å². The van der Waals surface area contributed by atoms with E-state index in [1.807, 2.05) is 30.5 Å². The molecule has 152 valence electrons. The fraction of sp³-hybridized carbons (Fsp3) is 0.174. The molecule has 0 N–H and O–H groups in total. The van der Waals surface area contributed by atoms with Gasteiger partial charge >= 0.3 is 5.63 Å². The van der Waals surface area contributed by atoms with Crippen LogP contribution >= 0.6 is 11.8 Å². The van der Waals surface area contributed by atoms with Crippen molar-refractivity contribution in [3.8, 4) is 11.4 Å². The fourth-order valence-electron chi connectivity index (χ4n) is 3.32. The fourth-order valence-corrected chi connectivity index (χ4v) is 4.26. The van der Waals surface area contributed by atoms with Gasteiger partial charge < -0.3 is 4.42 Å². The standard InChI is InChI=1S/C23H20FN3O2S/c1-4-11-27-22(18-7-5-6-8-19(18)24)25-26-23(27)30-13-16-12-20(28)29-21-15(3)14(2)9-10-17(16)21/h4-10,12H,1,11,13H2,2-3H3. The third kappa shape index (κ3) is 3.68. The van der Waals surface area contributed by atoms with Crippen molar-refractivity contribution in [2.24, 2.45) is 0 Å². The quantitative estimate of drug-likeness (QED) is 0.241. The van der Waals surface area contributed by atoms with E-state index in [2.05, 4.69) is 16.8 Å². The van der Waals surface area contributed by atoms with Crippen LogP contribution in [0, 0.1) is 19.7 Å². The van der Waals surface area contributed by atoms with Gasteiger partial charge in [-0.1, -0.05) is 42.1 Å². The summed E-state index contributed by atoms with van der Waals surface area (Å²) in [5.41, 5.74) is 3.48. The Morgan fingerprint density at radius 3 is 2.77 bits per heavy atom. The predicted octanol–water partition coefficient (Wildman–Crippen LogP) is 5.29. The first-order valence-corrected chi connectivity index (χ1v) is 10.4. The zero-order valence-corrected chi connectivity index (χ0v) is 17.5. The molecule has 0 aliphatic heterocycles. The number of thioether (sulfide) groups is 1. The Morgan fingerprint density at radius 2 is 2.00 bits per heavy atom. The minimum Gasteiger partial charge on any atom is -0.422 e. The number of aryl methyl sites for hydroxylation is 2. The first kappa shape index (κ1) is 20.1. The van der Waals surface area contributed by atoms with E-state index in [1.165, 1.54) is 23.9 Å². The SMILES string of the molecule is C=CCn1c(SCc2cc(=O)oc3c(C)c(C)ccc23)nnc1-c1ccccc1F. The molecule has 0 saturated carbocycles. The highest BCUT2D eigenvalue weighted by Gasteiger charge is 2.17. The zero-order chi connectivity index (χ0) is 21.3. The summed E-state index contributed by atoms with van der Waals surface area (Å²) in [7, 11) is 0. The Bertz CT molecular complexity index is 1310. The normalized spacial score (nSPS) is 11.2. The molecule has 0 amide bonds. The van der Waals surface area contributed by atoms with E-state index < -0.39 is 0 Å². The largest absolute Gasteiger partial charge is 0.422 e. The maximum atomic E-state index is 14.3. The Morgan fingerprint density at radius 1 is 1.20 bits per heavy atom. The predicted molar refractivity (Wildman–Crippen MR) is 117 cm³/mol. The first-order valence-electron chi connectivity index (χ1n) is 9.44. The average Bonchev–Trinajstić information content (AvgIpc) is 3.12. The Labute approximate surface area is 177 Å². The average molecular weight is 421 g/mol. The number of halogens is 1. The summed E-state index contributed by atoms with van der Waals surface area (Å²) in [4.78, 5) is 12.1. The van der Waals surface area contributed by atoms with Crippen molar-refractivity contribution in [3.05, 3.63) is 88.0 Å². The molecule has 2 aromatic carbocycles. The van der Waals surface area contributed by atoms with Crippen molar-refractivity contribution in [3.63, 3.8) is 0 Å². The van der Waals surface area contributed by atoms with Gasteiger partial charge in [-0.3, -0.25) is 4.57 Å². The molecule has 0 saturated heterocycles. The first-order chi connectivity index (χ1) is 14.5. The number of nitrogens with zero attached hydrogens (tertiary/aromatic N) is 3. The lowest BCUT2D eigenvalue weighted by Crippen LogP contribution is -2.03. The van der Waals surface area contributed by atoms with Crippen LogP contribution in [0.5, 0.6) is 0 Å². The molecule has 0 atom stereocenters. The third-order valence-corrected chi connectivity index (χ3v) is 6.03. The number of allylic oxidation sites excluding steroid dienone is 1. The van der Waals surface area contributed by atoms with E-state index in [9.17, 15) is 9.18 Å². The maximum absolute atomic E-state index is 14.3. The lowest BCUT2D eigenvalue weighted by molar-refractivity contribution is 0.557. The molecule has 2 heterocycles. The van der Waals surface area contributed by atoms with Gasteiger partial charge in [-0.05, 0) is 42.7 Å². The second kappa shape index (κ2) is 8.28. The zero-order valence-electron chi connectivity index (χ0n) is 16.7. The van der Waals surface area contributed by atoms with E-state index in [0.717, 1.165) is 22.1 Å². The third-order valence-electron chi connectivity index (χ3n) is 5.02. The van der Waals surface area contributed by atoms with Crippen LogP contribution in [0.1, 0.15) is 16.7 Å². The highest BCUT2D eigenvalue weighted by molar-refractivity contribution is 7.98. The second-order valence-corrected chi connectivity index (χ2v) is 7.89. The smallest absolute Gasteiger partial charge is 0.336 e. The molecule has 7 heteroatoms. The van der Waals surface area contributed by atoms with E-state index >= 15 is 0 Å². The Balaban J connectivity index is 1.71. The molecule has 30 heavy (non-hydrogen) atoms. The molecular formula is C23H20FN3O2S. The molecule has 2 aromatic heterocycles. The van der Waals surface area contributed by atoms with Crippen LogP contribution in [0.4, 0.5) is 4.39 Å². The van der Waals surface area contributed by atoms with Gasteiger partial charge in [-0.2, -0.15) is 0 Å². The van der Waals surface area contributed by atoms with Crippen LogP contribution in [-0.4, -0.2) is 14.8 Å². The van der Waals surface area contributed by atoms with Crippen molar-refractivity contribution in [2.75, 3.05) is 0 Å². The summed E-state index contributed by atoms with van der Waals surface area (Å²) in [5, 5.41) is 9.99. The molecule has 0 spiro atoms. The van der Waals surface area contributed by atoms with E-state index in [0.29, 0.717) is 34.4 Å². The molecule has 4 aromatic rings. The molecular weight excluding hydrogens is 401 g/mol. The summed E-state index contributed by atoms with van der Waals surface area (Å²) >= 11 is 1.43. The summed E-state index contributed by atoms with van der Waals surface area (Å²) in [5.74, 6) is 0.584. The van der Waals surface area contributed by atoms with E-state index in [4.69, 9.17) is 4.42 Å². The van der Waals surface area contributed by atoms with Crippen LogP contribution in [0.15, 0.2) is 69.5 Å². The summed E-state index contributed by atoms with van der Waals surface area (Å²) in [6, 6.07) is 12.0. The van der Waals surface area contributed by atoms with Crippen molar-refractivity contribution in [2.45, 2.75) is 31.3 Å². The van der Waals surface area contributed by atoms with Crippen LogP contribution in [0.25, 0.3) is 22.4 Å². The van der Waals surface area contributed by atoms with Gasteiger partial charge in [0.2, 0.25) is 0 Å². The lowest BCUT2D eigenvalue weighted by Gasteiger charge is -2.10. The molecule has 0 bridgehead atoms. The topological polar surface area (TPSA) is 60.9 Å². The van der Waals surface area contributed by atoms with Gasteiger partial charge in [0.1, 0.15) is 11.4 Å². The van der Waals surface area contributed by atoms with Gasteiger partial charge in [0.25, 0.3) is 0 Å². The van der Waals surface area contributed by atoms with Crippen LogP contribution < -0.4 is 5.63 Å². The van der Waals surface area contributed by atoms with Gasteiger partial charge in [0.05, 0.1) is 5.56 Å². The lowest BCUT2D eigenvalue weighted by atomic mass is 10.0. The molecule has 0 fully saturated rings. The number of aromatic nitrogens is 3. The van der Waals surface area contributed by atoms with Crippen molar-refractivity contribution in [1.29, 1.82) is 0 Å². The highest BCUT2D eigenvalue weighted by atomic mass is 32.2. The van der Waals surface area contributed by atoms with E-state index in [1.54, 1.807) is 24.3 Å². The maximum Gasteiger partial charge on any atom is 0.336 e. The van der Waals surface area contributed by atoms with E-state index in [-0.39, 0.29) is 11.4 Å². The molecule has 0 radical (unpaired) electrons. The summed E-state index contributed by atoms with van der Waals surface area (Å²) in [6.45, 7) is 8.16. The molecule has 0 aliphatic carbocycles. The minimum absolute atomic E-state index is 0.357. The number of fused-ring (bicyclic) bond motifs is 1. The van der Waals surface area contributed by atoms with Gasteiger partial charge in [-0.25, -0.2) is 9.18 Å².